The van der Waals surface area contributed by atoms with Crippen molar-refractivity contribution in [2.24, 2.45) is 0 Å². The van der Waals surface area contributed by atoms with Gasteiger partial charge in [-0.15, -0.1) is 0 Å². The second-order valence-corrected chi connectivity index (χ2v) is 27.4. The fraction of sp³-hybridized carbons (Fsp3) is 0.974. The van der Waals surface area contributed by atoms with Crippen LogP contribution in [-0.2, 0) is 14.3 Å². The predicted molar refractivity (Wildman–Crippen MR) is 371 cm³/mol. The summed E-state index contributed by atoms with van der Waals surface area (Å²) in [6.07, 6.45) is 91.8. The first-order valence-corrected chi connectivity index (χ1v) is 39.3. The Labute approximate surface area is 527 Å². The van der Waals surface area contributed by atoms with E-state index in [1.165, 1.54) is 392 Å². The molecular formula is C78H155NO5. The van der Waals surface area contributed by atoms with Crippen LogP contribution < -0.4 is 5.32 Å². The third-order valence-corrected chi connectivity index (χ3v) is 18.9. The molecule has 502 valence electrons. The lowest BCUT2D eigenvalue weighted by molar-refractivity contribution is -0.143. The molecule has 0 aromatic heterocycles. The van der Waals surface area contributed by atoms with Gasteiger partial charge in [-0.3, -0.25) is 9.59 Å². The van der Waals surface area contributed by atoms with Crippen molar-refractivity contribution in [1.82, 2.24) is 5.32 Å². The summed E-state index contributed by atoms with van der Waals surface area (Å²) in [4.78, 5) is 24.7. The average Bonchev–Trinajstić information content (AvgIpc) is 3.53. The van der Waals surface area contributed by atoms with E-state index >= 15 is 0 Å². The van der Waals surface area contributed by atoms with E-state index in [0.29, 0.717) is 25.9 Å². The lowest BCUT2D eigenvalue weighted by Crippen LogP contribution is -2.45. The Balaban J connectivity index is 3.34. The van der Waals surface area contributed by atoms with E-state index in [-0.39, 0.29) is 18.5 Å². The maximum absolute atomic E-state index is 12.6. The van der Waals surface area contributed by atoms with Crippen molar-refractivity contribution in [1.29, 1.82) is 0 Å². The van der Waals surface area contributed by atoms with Crippen LogP contribution in [0.15, 0.2) is 0 Å². The average molecular weight is 1190 g/mol. The van der Waals surface area contributed by atoms with Gasteiger partial charge in [0.25, 0.3) is 0 Å². The van der Waals surface area contributed by atoms with Gasteiger partial charge in [0.1, 0.15) is 0 Å². The van der Waals surface area contributed by atoms with Crippen LogP contribution in [0.2, 0.25) is 0 Å². The molecule has 2 atom stereocenters. The minimum absolute atomic E-state index is 0.0227. The normalized spacial score (nSPS) is 12.4. The number of rotatable bonds is 75. The number of hydrogen-bond donors (Lipinski definition) is 3. The van der Waals surface area contributed by atoms with Crippen LogP contribution in [0.1, 0.15) is 463 Å². The molecule has 6 nitrogen and oxygen atoms in total. The van der Waals surface area contributed by atoms with Gasteiger partial charge < -0.3 is 20.3 Å². The fourth-order valence-corrected chi connectivity index (χ4v) is 12.9. The van der Waals surface area contributed by atoms with Gasteiger partial charge in [-0.05, 0) is 25.7 Å². The Bertz CT molecular complexity index is 1230. The molecule has 1 amide bonds. The molecule has 2 unspecified atom stereocenters. The molecule has 0 saturated carbocycles. The molecule has 0 aromatic carbocycles. The van der Waals surface area contributed by atoms with Gasteiger partial charge in [0.05, 0.1) is 25.4 Å². The molecule has 84 heavy (non-hydrogen) atoms. The first kappa shape index (κ1) is 82.9. The van der Waals surface area contributed by atoms with Crippen molar-refractivity contribution in [3.63, 3.8) is 0 Å². The number of aliphatic hydroxyl groups is 2. The Hall–Kier alpha value is -1.14. The highest BCUT2D eigenvalue weighted by Crippen LogP contribution is 2.21. The van der Waals surface area contributed by atoms with Gasteiger partial charge in [0.15, 0.2) is 0 Å². The molecule has 0 radical (unpaired) electrons. The van der Waals surface area contributed by atoms with Crippen molar-refractivity contribution in [3.05, 3.63) is 0 Å². The zero-order valence-electron chi connectivity index (χ0n) is 57.7. The van der Waals surface area contributed by atoms with Crippen molar-refractivity contribution >= 4 is 11.9 Å². The number of amides is 1. The molecule has 0 aliphatic rings. The minimum Gasteiger partial charge on any atom is -0.466 e. The first-order chi connectivity index (χ1) is 41.5. The van der Waals surface area contributed by atoms with E-state index in [4.69, 9.17) is 4.74 Å². The SMILES string of the molecule is CCCCCCCCCCCCCCCCCCCCCCCCCCC(O)C(CO)NC(=O)CCCCCCCCCCCCCCCCCCCCCCCCCCCOC(=O)CCCCCCCCCCCCCCCCCCCC. The summed E-state index contributed by atoms with van der Waals surface area (Å²) < 4.78 is 5.52. The maximum atomic E-state index is 12.6. The Morgan fingerprint density at radius 1 is 0.286 bits per heavy atom. The van der Waals surface area contributed by atoms with Crippen LogP contribution in [0, 0.1) is 0 Å². The second kappa shape index (κ2) is 74.3. The lowest BCUT2D eigenvalue weighted by atomic mass is 10.0. The molecule has 0 rings (SSSR count). The van der Waals surface area contributed by atoms with Crippen LogP contribution in [-0.4, -0.2) is 47.4 Å². The molecule has 0 bridgehead atoms. The van der Waals surface area contributed by atoms with Crippen LogP contribution in [0.4, 0.5) is 0 Å². The highest BCUT2D eigenvalue weighted by Gasteiger charge is 2.20. The summed E-state index contributed by atoms with van der Waals surface area (Å²) >= 11 is 0. The maximum Gasteiger partial charge on any atom is 0.305 e. The van der Waals surface area contributed by atoms with Gasteiger partial charge >= 0.3 is 5.97 Å². The van der Waals surface area contributed by atoms with Gasteiger partial charge in [-0.2, -0.15) is 0 Å². The van der Waals surface area contributed by atoms with Gasteiger partial charge in [-0.1, -0.05) is 425 Å². The summed E-state index contributed by atoms with van der Waals surface area (Å²) in [6.45, 7) is 5.02. The van der Waals surface area contributed by atoms with E-state index in [0.717, 1.165) is 38.5 Å². The standard InChI is InChI=1S/C78H155NO5/c1-3-5-7-9-11-13-15-17-19-21-23-24-25-29-32-35-38-42-46-50-54-58-62-66-70-76(81)75(74-80)79-77(82)71-67-63-59-55-51-47-43-39-36-33-30-27-26-28-31-34-37-41-45-49-53-57-61-65-69-73-84-78(83)72-68-64-60-56-52-48-44-40-22-20-18-16-14-12-10-8-6-4-2/h75-76,80-81H,3-74H2,1-2H3,(H,79,82). The second-order valence-electron chi connectivity index (χ2n) is 27.4. The molecule has 0 aliphatic heterocycles. The molecule has 3 N–H and O–H groups in total. The van der Waals surface area contributed by atoms with Crippen molar-refractivity contribution < 1.29 is 24.5 Å². The van der Waals surface area contributed by atoms with Crippen LogP contribution in [0.5, 0.6) is 0 Å². The van der Waals surface area contributed by atoms with Gasteiger partial charge in [-0.25, -0.2) is 0 Å². The Morgan fingerprint density at radius 3 is 0.726 bits per heavy atom. The number of unbranched alkanes of at least 4 members (excludes halogenated alkanes) is 64. The smallest absolute Gasteiger partial charge is 0.305 e. The quantitative estimate of drug-likeness (QED) is 0.0417. The van der Waals surface area contributed by atoms with Crippen LogP contribution in [0.3, 0.4) is 0 Å². The summed E-state index contributed by atoms with van der Waals surface area (Å²) in [5.74, 6) is -0.00396. The van der Waals surface area contributed by atoms with E-state index < -0.39 is 12.1 Å². The number of nitrogens with one attached hydrogen (secondary N) is 1. The van der Waals surface area contributed by atoms with Crippen molar-refractivity contribution in [2.45, 2.75) is 475 Å². The van der Waals surface area contributed by atoms with Crippen LogP contribution in [0.25, 0.3) is 0 Å². The molecule has 6 heteroatoms. The third kappa shape index (κ3) is 70.0. The zero-order valence-corrected chi connectivity index (χ0v) is 57.7. The van der Waals surface area contributed by atoms with Crippen LogP contribution >= 0.6 is 0 Å². The lowest BCUT2D eigenvalue weighted by Gasteiger charge is -2.22. The molecule has 0 aliphatic carbocycles. The summed E-state index contributed by atoms with van der Waals surface area (Å²) in [5, 5.41) is 23.5. The Kier molecular flexibility index (Phi) is 73.3. The molecule has 0 spiro atoms. The van der Waals surface area contributed by atoms with Gasteiger partial charge in [0.2, 0.25) is 5.91 Å². The van der Waals surface area contributed by atoms with E-state index in [1.807, 2.05) is 0 Å². The number of esters is 1. The molecular weight excluding hydrogens is 1030 g/mol. The largest absolute Gasteiger partial charge is 0.466 e. The highest BCUT2D eigenvalue weighted by molar-refractivity contribution is 5.76. The summed E-state index contributed by atoms with van der Waals surface area (Å²) in [5.41, 5.74) is 0. The predicted octanol–water partition coefficient (Wildman–Crippen LogP) is 25.7. The minimum atomic E-state index is -0.664. The first-order valence-electron chi connectivity index (χ1n) is 39.3. The fourth-order valence-electron chi connectivity index (χ4n) is 12.9. The van der Waals surface area contributed by atoms with E-state index in [9.17, 15) is 19.8 Å². The molecule has 0 saturated heterocycles. The summed E-state index contributed by atoms with van der Waals surface area (Å²) in [6, 6.07) is -0.541. The highest BCUT2D eigenvalue weighted by atomic mass is 16.5. The molecule has 0 heterocycles. The van der Waals surface area contributed by atoms with Crippen molar-refractivity contribution in [2.75, 3.05) is 13.2 Å². The zero-order chi connectivity index (χ0) is 60.6. The number of carbonyl (C=O) groups is 2. The van der Waals surface area contributed by atoms with Gasteiger partial charge in [0, 0.05) is 12.8 Å². The summed E-state index contributed by atoms with van der Waals surface area (Å²) in [7, 11) is 0. The van der Waals surface area contributed by atoms with E-state index in [1.54, 1.807) is 0 Å². The topological polar surface area (TPSA) is 95.9 Å². The number of carbonyl (C=O) groups excluding carboxylic acids is 2. The molecule has 0 aromatic rings. The Morgan fingerprint density at radius 2 is 0.488 bits per heavy atom. The number of ether oxygens (including phenoxy) is 1. The van der Waals surface area contributed by atoms with E-state index in [2.05, 4.69) is 19.2 Å². The van der Waals surface area contributed by atoms with Crippen molar-refractivity contribution in [3.8, 4) is 0 Å². The number of aliphatic hydroxyl groups excluding tert-OH is 2. The molecule has 0 fully saturated rings. The number of hydrogen-bond acceptors (Lipinski definition) is 5. The monoisotopic (exact) mass is 1190 g/mol. The third-order valence-electron chi connectivity index (χ3n) is 18.9.